The number of likely N-dealkylation sites (tertiary alicyclic amines) is 1. The highest BCUT2D eigenvalue weighted by Gasteiger charge is 2.26. The Balaban J connectivity index is 1.67. The molecule has 0 saturated carbocycles. The molecule has 1 aliphatic carbocycles. The van der Waals surface area contributed by atoms with Gasteiger partial charge in [-0.1, -0.05) is 25.0 Å². The van der Waals surface area contributed by atoms with Crippen molar-refractivity contribution in [3.63, 3.8) is 0 Å². The van der Waals surface area contributed by atoms with Gasteiger partial charge in [0.1, 0.15) is 11.5 Å². The summed E-state index contributed by atoms with van der Waals surface area (Å²) in [7, 11) is 0. The minimum atomic E-state index is -0.894. The van der Waals surface area contributed by atoms with E-state index >= 15 is 0 Å². The molecule has 0 bridgehead atoms. The first-order chi connectivity index (χ1) is 15.9. The lowest BCUT2D eigenvalue weighted by atomic mass is 9.93. The van der Waals surface area contributed by atoms with E-state index in [1.54, 1.807) is 22.7 Å². The summed E-state index contributed by atoms with van der Waals surface area (Å²) in [4.78, 5) is 30.5. The second-order valence-electron chi connectivity index (χ2n) is 8.79. The van der Waals surface area contributed by atoms with E-state index in [2.05, 4.69) is 23.6 Å². The summed E-state index contributed by atoms with van der Waals surface area (Å²) in [5.41, 5.74) is 3.13. The van der Waals surface area contributed by atoms with E-state index in [9.17, 15) is 14.0 Å². The van der Waals surface area contributed by atoms with Gasteiger partial charge in [-0.25, -0.2) is 13.9 Å². The summed E-state index contributed by atoms with van der Waals surface area (Å²) in [6, 6.07) is 3.54. The molecule has 2 aromatic rings. The fraction of sp³-hybridized carbons (Fsp3) is 0.440. The average Bonchev–Trinajstić information content (AvgIpc) is 3.10. The van der Waals surface area contributed by atoms with Crippen LogP contribution in [0.3, 0.4) is 0 Å². The number of hydrogen-bond acceptors (Lipinski definition) is 4. The first-order valence-corrected chi connectivity index (χ1v) is 11.5. The van der Waals surface area contributed by atoms with E-state index in [0.717, 1.165) is 37.8 Å². The monoisotopic (exact) mass is 452 g/mol. The van der Waals surface area contributed by atoms with Gasteiger partial charge in [0.15, 0.2) is 5.65 Å². The van der Waals surface area contributed by atoms with Gasteiger partial charge in [0.05, 0.1) is 11.4 Å². The van der Waals surface area contributed by atoms with Crippen LogP contribution in [-0.4, -0.2) is 49.1 Å². The molecule has 174 valence electrons. The van der Waals surface area contributed by atoms with Crippen LogP contribution in [0, 0.1) is 0 Å². The zero-order valence-electron chi connectivity index (χ0n) is 18.9. The van der Waals surface area contributed by atoms with E-state index in [0.29, 0.717) is 47.6 Å². The third kappa shape index (κ3) is 4.89. The number of carboxylic acids is 1. The van der Waals surface area contributed by atoms with Crippen molar-refractivity contribution in [3.8, 4) is 0 Å². The van der Waals surface area contributed by atoms with Crippen molar-refractivity contribution >= 4 is 29.2 Å². The third-order valence-corrected chi connectivity index (χ3v) is 6.48. The van der Waals surface area contributed by atoms with Crippen LogP contribution in [0.2, 0.25) is 0 Å². The van der Waals surface area contributed by atoms with Gasteiger partial charge >= 0.3 is 5.97 Å². The second kappa shape index (κ2) is 9.68. The number of hydrogen-bond donors (Lipinski definition) is 1. The van der Waals surface area contributed by atoms with Crippen LogP contribution in [0.15, 0.2) is 36.2 Å². The minimum absolute atomic E-state index is 0.0120. The number of carboxylic acid groups (broad SMARTS) is 1. The molecular weight excluding hydrogens is 423 g/mol. The molecule has 1 aliphatic heterocycles. The number of allylic oxidation sites excluding steroid dienone is 4. The van der Waals surface area contributed by atoms with Crippen LogP contribution < -0.4 is 0 Å². The Hall–Kier alpha value is -3.29. The van der Waals surface area contributed by atoms with Crippen LogP contribution in [-0.2, 0) is 4.79 Å². The largest absolute Gasteiger partial charge is 0.481 e. The molecule has 0 spiro atoms. The van der Waals surface area contributed by atoms with E-state index in [-0.39, 0.29) is 18.4 Å². The summed E-state index contributed by atoms with van der Waals surface area (Å²) in [5, 5.41) is 13.4. The van der Waals surface area contributed by atoms with Gasteiger partial charge in [-0.2, -0.15) is 5.10 Å². The molecule has 1 N–H and O–H groups in total. The van der Waals surface area contributed by atoms with Crippen molar-refractivity contribution < 1.29 is 19.1 Å². The highest BCUT2D eigenvalue weighted by molar-refractivity contribution is 5.93. The Morgan fingerprint density at radius 3 is 2.82 bits per heavy atom. The van der Waals surface area contributed by atoms with Crippen molar-refractivity contribution in [3.05, 3.63) is 53.3 Å². The maximum atomic E-state index is 14.9. The number of rotatable bonds is 6. The molecule has 3 heterocycles. The molecule has 1 fully saturated rings. The number of aromatic nitrogens is 3. The standard InChI is InChI=1S/C25H29FN4O3/c1-3-18-14-22(25(33)29-12-6-4-5-7-16(29)2)27-23-15-21(28-30(18)23)19-10-8-17(13-20(19)26)9-11-24(31)32/h3,13-16H,1,4-12H2,2H3,(H,31,32). The van der Waals surface area contributed by atoms with E-state index in [1.807, 2.05) is 4.90 Å². The molecule has 8 heteroatoms. The zero-order valence-corrected chi connectivity index (χ0v) is 18.9. The van der Waals surface area contributed by atoms with E-state index in [4.69, 9.17) is 5.11 Å². The molecule has 0 aromatic carbocycles. The molecular formula is C25H29FN4O3. The summed E-state index contributed by atoms with van der Waals surface area (Å²) in [6.45, 7) is 6.64. The lowest BCUT2D eigenvalue weighted by Gasteiger charge is -2.26. The average molecular weight is 453 g/mol. The van der Waals surface area contributed by atoms with Crippen LogP contribution in [0.1, 0.15) is 80.2 Å². The fourth-order valence-electron chi connectivity index (χ4n) is 4.58. The highest BCUT2D eigenvalue weighted by Crippen LogP contribution is 2.33. The Morgan fingerprint density at radius 1 is 1.27 bits per heavy atom. The molecule has 33 heavy (non-hydrogen) atoms. The summed E-state index contributed by atoms with van der Waals surface area (Å²) in [5.74, 6) is -1.40. The Morgan fingerprint density at radius 2 is 2.09 bits per heavy atom. The number of carbonyl (C=O) groups is 2. The second-order valence-corrected chi connectivity index (χ2v) is 8.79. The van der Waals surface area contributed by atoms with Gasteiger partial charge < -0.3 is 10.0 Å². The number of halogens is 1. The van der Waals surface area contributed by atoms with Gasteiger partial charge in [-0.15, -0.1) is 0 Å². The Kier molecular flexibility index (Phi) is 6.72. The maximum Gasteiger partial charge on any atom is 0.303 e. The fourth-order valence-corrected chi connectivity index (χ4v) is 4.58. The van der Waals surface area contributed by atoms with Crippen molar-refractivity contribution in [1.82, 2.24) is 19.5 Å². The van der Waals surface area contributed by atoms with E-state index in [1.165, 1.54) is 6.08 Å². The Bertz CT molecular complexity index is 1160. The molecule has 1 atom stereocenters. The number of carbonyl (C=O) groups excluding carboxylic acids is 1. The molecule has 2 aromatic heterocycles. The van der Waals surface area contributed by atoms with Crippen molar-refractivity contribution in [2.24, 2.45) is 0 Å². The summed E-state index contributed by atoms with van der Waals surface area (Å²) in [6.07, 6.45) is 8.59. The van der Waals surface area contributed by atoms with Gasteiger partial charge in [-0.3, -0.25) is 9.59 Å². The quantitative estimate of drug-likeness (QED) is 0.663. The molecule has 0 radical (unpaired) electrons. The summed E-state index contributed by atoms with van der Waals surface area (Å²) >= 11 is 0. The molecule has 1 saturated heterocycles. The minimum Gasteiger partial charge on any atom is -0.481 e. The first kappa shape index (κ1) is 22.9. The molecule has 4 rings (SSSR count). The molecule has 1 amide bonds. The smallest absolute Gasteiger partial charge is 0.303 e. The highest BCUT2D eigenvalue weighted by atomic mass is 19.1. The number of amides is 1. The van der Waals surface area contributed by atoms with Crippen LogP contribution >= 0.6 is 0 Å². The predicted molar refractivity (Wildman–Crippen MR) is 124 cm³/mol. The van der Waals surface area contributed by atoms with Crippen molar-refractivity contribution in [2.45, 2.75) is 64.3 Å². The van der Waals surface area contributed by atoms with Crippen LogP contribution in [0.4, 0.5) is 4.39 Å². The lowest BCUT2D eigenvalue weighted by molar-refractivity contribution is -0.136. The van der Waals surface area contributed by atoms with Gasteiger partial charge in [0, 0.05) is 30.6 Å². The predicted octanol–water partition coefficient (Wildman–Crippen LogP) is 5.04. The topological polar surface area (TPSA) is 87.8 Å². The Labute approximate surface area is 192 Å². The van der Waals surface area contributed by atoms with Gasteiger partial charge in [-0.05, 0) is 57.2 Å². The first-order valence-electron chi connectivity index (χ1n) is 11.5. The maximum absolute atomic E-state index is 14.9. The molecule has 7 nitrogen and oxygen atoms in total. The van der Waals surface area contributed by atoms with Crippen molar-refractivity contribution in [2.75, 3.05) is 6.54 Å². The number of fused-ring (bicyclic) bond motifs is 1. The molecule has 2 aliphatic rings. The van der Waals surface area contributed by atoms with Gasteiger partial charge in [0.2, 0.25) is 0 Å². The van der Waals surface area contributed by atoms with Crippen LogP contribution in [0.25, 0.3) is 17.3 Å². The third-order valence-electron chi connectivity index (χ3n) is 6.48. The van der Waals surface area contributed by atoms with Crippen LogP contribution in [0.5, 0.6) is 0 Å². The molecule has 1 unspecified atom stereocenters. The lowest BCUT2D eigenvalue weighted by Crippen LogP contribution is -2.38. The zero-order chi connectivity index (χ0) is 23.5. The van der Waals surface area contributed by atoms with Crippen molar-refractivity contribution in [1.29, 1.82) is 0 Å². The number of nitrogens with zero attached hydrogens (tertiary/aromatic N) is 4. The SMILES string of the molecule is C=Cc1cc(C(=O)N2CCCCCC2C)nc2cc(C3=C(F)C=C(CCC(=O)O)CC3)nn12. The van der Waals surface area contributed by atoms with E-state index < -0.39 is 11.8 Å². The normalized spacial score (nSPS) is 19.4. The van der Waals surface area contributed by atoms with Gasteiger partial charge in [0.25, 0.3) is 5.91 Å². The summed E-state index contributed by atoms with van der Waals surface area (Å²) < 4.78 is 16.4. The number of aliphatic carboxylic acids is 1.